The zero-order valence-corrected chi connectivity index (χ0v) is 16.7. The average Bonchev–Trinajstić information content (AvgIpc) is 3.07. The highest BCUT2D eigenvalue weighted by Gasteiger charge is 2.31. The maximum Gasteiger partial charge on any atom is 0.306 e. The number of nitrogens with zero attached hydrogens (tertiary/aromatic N) is 1. The van der Waals surface area contributed by atoms with Crippen LogP contribution in [0, 0.1) is 5.92 Å². The van der Waals surface area contributed by atoms with Gasteiger partial charge in [0.2, 0.25) is 0 Å². The Morgan fingerprint density at radius 2 is 1.81 bits per heavy atom. The molecule has 0 spiro atoms. The number of carboxylic acids is 1. The van der Waals surface area contributed by atoms with Gasteiger partial charge in [-0.1, -0.05) is 46.3 Å². The second-order valence-corrected chi connectivity index (χ2v) is 8.82. The summed E-state index contributed by atoms with van der Waals surface area (Å²) >= 11 is 5.36. The quantitative estimate of drug-likeness (QED) is 0.590. The van der Waals surface area contributed by atoms with Crippen molar-refractivity contribution in [2.24, 2.45) is 5.92 Å². The lowest BCUT2D eigenvalue weighted by molar-refractivity contribution is -0.143. The molecule has 5 heteroatoms. The lowest BCUT2D eigenvalue weighted by Crippen LogP contribution is -2.39. The van der Waals surface area contributed by atoms with Crippen LogP contribution >= 0.6 is 27.3 Å². The number of thiophene rings is 1. The van der Waals surface area contributed by atoms with Gasteiger partial charge >= 0.3 is 5.97 Å². The third-order valence-electron chi connectivity index (χ3n) is 5.14. The van der Waals surface area contributed by atoms with Crippen molar-refractivity contribution in [1.82, 2.24) is 4.90 Å². The Morgan fingerprint density at radius 3 is 2.46 bits per heavy atom. The molecule has 1 aliphatic rings. The molecule has 0 saturated carbocycles. The maximum absolute atomic E-state index is 11.3. The molecule has 26 heavy (non-hydrogen) atoms. The number of likely N-dealkylation sites (tertiary alicyclic amines) is 1. The Kier molecular flexibility index (Phi) is 5.11. The van der Waals surface area contributed by atoms with Crippen LogP contribution in [0.3, 0.4) is 0 Å². The van der Waals surface area contributed by atoms with Crippen molar-refractivity contribution in [2.45, 2.75) is 18.9 Å². The Balaban J connectivity index is 1.70. The number of halogens is 1. The van der Waals surface area contributed by atoms with E-state index in [0.717, 1.165) is 17.6 Å². The van der Waals surface area contributed by atoms with Crippen LogP contribution < -0.4 is 0 Å². The molecule has 4 rings (SSSR count). The number of benzene rings is 2. The van der Waals surface area contributed by atoms with Crippen LogP contribution in [0.4, 0.5) is 0 Å². The largest absolute Gasteiger partial charge is 0.481 e. The smallest absolute Gasteiger partial charge is 0.306 e. The molecule has 3 aromatic rings. The molecule has 134 valence electrons. The van der Waals surface area contributed by atoms with E-state index in [4.69, 9.17) is 0 Å². The summed E-state index contributed by atoms with van der Waals surface area (Å²) in [7, 11) is 0. The number of aliphatic carboxylic acids is 1. The molecule has 1 N–H and O–H groups in total. The van der Waals surface area contributed by atoms with Crippen molar-refractivity contribution >= 4 is 43.3 Å². The lowest BCUT2D eigenvalue weighted by atomic mass is 9.93. The van der Waals surface area contributed by atoms with E-state index in [1.807, 2.05) is 11.3 Å². The van der Waals surface area contributed by atoms with Gasteiger partial charge in [-0.25, -0.2) is 0 Å². The number of hydrogen-bond acceptors (Lipinski definition) is 3. The van der Waals surface area contributed by atoms with E-state index in [1.165, 1.54) is 20.5 Å². The minimum absolute atomic E-state index is 0.176. The Morgan fingerprint density at radius 1 is 1.12 bits per heavy atom. The lowest BCUT2D eigenvalue weighted by Gasteiger charge is -2.36. The molecule has 1 atom stereocenters. The number of piperidine rings is 1. The summed E-state index contributed by atoms with van der Waals surface area (Å²) in [5.41, 5.74) is 1.26. The molecule has 0 bridgehead atoms. The minimum atomic E-state index is -0.660. The van der Waals surface area contributed by atoms with Gasteiger partial charge in [0.05, 0.1) is 12.0 Å². The first-order chi connectivity index (χ1) is 12.6. The van der Waals surface area contributed by atoms with Gasteiger partial charge in [0.1, 0.15) is 0 Å². The van der Waals surface area contributed by atoms with Gasteiger partial charge in [-0.05, 0) is 61.1 Å². The summed E-state index contributed by atoms with van der Waals surface area (Å²) in [6.07, 6.45) is 1.43. The summed E-state index contributed by atoms with van der Waals surface area (Å²) in [6, 6.07) is 19.4. The first-order valence-corrected chi connectivity index (χ1v) is 10.4. The molecule has 2 aromatic carbocycles. The molecule has 1 aliphatic heterocycles. The minimum Gasteiger partial charge on any atom is -0.481 e. The van der Waals surface area contributed by atoms with E-state index in [0.29, 0.717) is 12.8 Å². The standard InChI is InChI=1S/C21H20BrNO2S/c22-17-7-5-14(6-8-17)20(23-11-9-15(10-12-23)21(24)25)19-13-16-3-1-2-4-18(16)26-19/h1-8,13,15,20H,9-12H2,(H,24,25). The topological polar surface area (TPSA) is 40.5 Å². The first kappa shape index (κ1) is 17.7. The van der Waals surface area contributed by atoms with E-state index in [2.05, 4.69) is 75.4 Å². The van der Waals surface area contributed by atoms with Crippen molar-refractivity contribution in [3.63, 3.8) is 0 Å². The number of fused-ring (bicyclic) bond motifs is 1. The van der Waals surface area contributed by atoms with Crippen LogP contribution in [0.25, 0.3) is 10.1 Å². The Labute approximate surface area is 165 Å². The van der Waals surface area contributed by atoms with Gasteiger partial charge in [0.25, 0.3) is 0 Å². The maximum atomic E-state index is 11.3. The third-order valence-corrected chi connectivity index (χ3v) is 6.84. The van der Waals surface area contributed by atoms with Crippen LogP contribution in [0.2, 0.25) is 0 Å². The summed E-state index contributed by atoms with van der Waals surface area (Å²) in [4.78, 5) is 15.1. The molecule has 1 unspecified atom stereocenters. The summed E-state index contributed by atoms with van der Waals surface area (Å²) < 4.78 is 2.37. The van der Waals surface area contributed by atoms with E-state index in [9.17, 15) is 9.90 Å². The van der Waals surface area contributed by atoms with Gasteiger partial charge in [-0.2, -0.15) is 0 Å². The summed E-state index contributed by atoms with van der Waals surface area (Å²) in [6.45, 7) is 1.62. The van der Waals surface area contributed by atoms with Crippen molar-refractivity contribution < 1.29 is 9.90 Å². The van der Waals surface area contributed by atoms with Gasteiger partial charge in [0, 0.05) is 14.0 Å². The van der Waals surface area contributed by atoms with Crippen molar-refractivity contribution in [3.05, 3.63) is 69.5 Å². The number of hydrogen-bond donors (Lipinski definition) is 1. The van der Waals surface area contributed by atoms with E-state index in [1.54, 1.807) is 0 Å². The van der Waals surface area contributed by atoms with Crippen LogP contribution in [-0.2, 0) is 4.79 Å². The molecule has 3 nitrogen and oxygen atoms in total. The molecular weight excluding hydrogens is 410 g/mol. The van der Waals surface area contributed by atoms with Crippen LogP contribution in [0.15, 0.2) is 59.1 Å². The van der Waals surface area contributed by atoms with E-state index in [-0.39, 0.29) is 12.0 Å². The molecule has 1 saturated heterocycles. The van der Waals surface area contributed by atoms with Crippen molar-refractivity contribution in [1.29, 1.82) is 0 Å². The number of carbonyl (C=O) groups is 1. The second-order valence-electron chi connectivity index (χ2n) is 6.79. The second kappa shape index (κ2) is 7.51. The average molecular weight is 430 g/mol. The van der Waals surface area contributed by atoms with Crippen LogP contribution in [-0.4, -0.2) is 29.1 Å². The van der Waals surface area contributed by atoms with E-state index >= 15 is 0 Å². The fraction of sp³-hybridized carbons (Fsp3) is 0.286. The molecule has 2 heterocycles. The predicted octanol–water partition coefficient (Wildman–Crippen LogP) is 5.55. The predicted molar refractivity (Wildman–Crippen MR) is 110 cm³/mol. The molecule has 1 fully saturated rings. The third kappa shape index (κ3) is 3.56. The molecular formula is C21H20BrNO2S. The highest BCUT2D eigenvalue weighted by molar-refractivity contribution is 9.10. The van der Waals surface area contributed by atoms with Crippen molar-refractivity contribution in [2.75, 3.05) is 13.1 Å². The molecule has 0 aliphatic carbocycles. The zero-order valence-electron chi connectivity index (χ0n) is 14.3. The Bertz CT molecular complexity index is 880. The van der Waals surface area contributed by atoms with Gasteiger partial charge in [-0.15, -0.1) is 11.3 Å². The molecule has 0 radical (unpaired) electrons. The van der Waals surface area contributed by atoms with Crippen molar-refractivity contribution in [3.8, 4) is 0 Å². The summed E-state index contributed by atoms with van der Waals surface area (Å²) in [5, 5.41) is 10.6. The molecule has 0 amide bonds. The highest BCUT2D eigenvalue weighted by atomic mass is 79.9. The first-order valence-electron chi connectivity index (χ1n) is 8.82. The number of rotatable bonds is 4. The van der Waals surface area contributed by atoms with E-state index < -0.39 is 5.97 Å². The van der Waals surface area contributed by atoms with Crippen LogP contribution in [0.1, 0.15) is 29.3 Å². The zero-order chi connectivity index (χ0) is 18.1. The molecule has 1 aromatic heterocycles. The number of carboxylic acid groups (broad SMARTS) is 1. The highest BCUT2D eigenvalue weighted by Crippen LogP contribution is 2.38. The van der Waals surface area contributed by atoms with Crippen LogP contribution in [0.5, 0.6) is 0 Å². The monoisotopic (exact) mass is 429 g/mol. The fourth-order valence-electron chi connectivity index (χ4n) is 3.74. The van der Waals surface area contributed by atoms with Gasteiger partial charge in [-0.3, -0.25) is 9.69 Å². The fourth-order valence-corrected chi connectivity index (χ4v) is 5.23. The van der Waals surface area contributed by atoms with Gasteiger partial charge in [0.15, 0.2) is 0 Å². The normalized spacial score (nSPS) is 17.4. The Hall–Kier alpha value is -1.69. The summed E-state index contributed by atoms with van der Waals surface area (Å²) in [5.74, 6) is -0.870. The SMILES string of the molecule is O=C(O)C1CCN(C(c2ccc(Br)cc2)c2cc3ccccc3s2)CC1. The van der Waals surface area contributed by atoms with Gasteiger partial charge < -0.3 is 5.11 Å².